The Morgan fingerprint density at radius 1 is 1.36 bits per heavy atom. The molecule has 0 amide bonds. The predicted octanol–water partition coefficient (Wildman–Crippen LogP) is 2.31. The van der Waals surface area contributed by atoms with E-state index in [-0.39, 0.29) is 0 Å². The smallest absolute Gasteiger partial charge is 0.194 e. The van der Waals surface area contributed by atoms with Gasteiger partial charge in [0.05, 0.1) is 18.8 Å². The van der Waals surface area contributed by atoms with Crippen LogP contribution in [-0.2, 0) is 11.3 Å². The Kier molecular flexibility index (Phi) is 6.06. The third-order valence-electron chi connectivity index (χ3n) is 4.44. The summed E-state index contributed by atoms with van der Waals surface area (Å²) in [5, 5.41) is 7.66. The lowest BCUT2D eigenvalue weighted by atomic mass is 10.1. The topological polar surface area (TPSA) is 54.7 Å². The van der Waals surface area contributed by atoms with Crippen molar-refractivity contribution < 1.29 is 4.74 Å². The van der Waals surface area contributed by atoms with Gasteiger partial charge in [-0.1, -0.05) is 12.1 Å². The van der Waals surface area contributed by atoms with Crippen molar-refractivity contribution in [2.45, 2.75) is 19.9 Å². The van der Waals surface area contributed by atoms with Gasteiger partial charge >= 0.3 is 0 Å². The molecule has 1 unspecified atom stereocenters. The number of guanidine groups is 1. The highest BCUT2D eigenvalue weighted by atomic mass is 16.5. The molecule has 6 heteroatoms. The highest BCUT2D eigenvalue weighted by Crippen LogP contribution is 2.17. The summed E-state index contributed by atoms with van der Waals surface area (Å²) in [6.07, 6.45) is 4.89. The molecular weight excluding hydrogens is 314 g/mol. The monoisotopic (exact) mass is 341 g/mol. The summed E-state index contributed by atoms with van der Waals surface area (Å²) in [6.45, 7) is 6.54. The second-order valence-electron chi connectivity index (χ2n) is 6.34. The van der Waals surface area contributed by atoms with Crippen LogP contribution in [0, 0.1) is 5.92 Å². The number of nitrogens with zero attached hydrogens (tertiary/aromatic N) is 4. The quantitative estimate of drug-likeness (QED) is 0.647. The Labute approximate surface area is 149 Å². The van der Waals surface area contributed by atoms with Crippen molar-refractivity contribution >= 4 is 5.96 Å². The molecule has 25 heavy (non-hydrogen) atoms. The predicted molar refractivity (Wildman–Crippen MR) is 99.9 cm³/mol. The number of methoxy groups -OCH3 is 1. The van der Waals surface area contributed by atoms with Crippen LogP contribution in [0.25, 0.3) is 5.69 Å². The lowest BCUT2D eigenvalue weighted by Crippen LogP contribution is -2.40. The number of likely N-dealkylation sites (tertiary alicyclic amines) is 1. The van der Waals surface area contributed by atoms with Crippen LogP contribution in [0.5, 0.6) is 0 Å². The van der Waals surface area contributed by atoms with Crippen molar-refractivity contribution in [3.8, 4) is 5.69 Å². The third kappa shape index (κ3) is 4.60. The normalized spacial score (nSPS) is 17.9. The van der Waals surface area contributed by atoms with Gasteiger partial charge in [-0.2, -0.15) is 5.10 Å². The molecule has 0 aliphatic carbocycles. The van der Waals surface area contributed by atoms with E-state index in [0.717, 1.165) is 44.3 Å². The Morgan fingerprint density at radius 2 is 2.20 bits per heavy atom. The average molecular weight is 341 g/mol. The largest absolute Gasteiger partial charge is 0.384 e. The number of hydrogen-bond donors (Lipinski definition) is 1. The van der Waals surface area contributed by atoms with Gasteiger partial charge in [0.1, 0.15) is 0 Å². The Balaban J connectivity index is 1.63. The molecule has 1 N–H and O–H groups in total. The Hall–Kier alpha value is -2.34. The second kappa shape index (κ2) is 8.67. The summed E-state index contributed by atoms with van der Waals surface area (Å²) in [5.74, 6) is 1.60. The van der Waals surface area contributed by atoms with Crippen molar-refractivity contribution in [2.75, 3.05) is 33.4 Å². The Bertz CT molecular complexity index is 666. The van der Waals surface area contributed by atoms with E-state index in [4.69, 9.17) is 9.73 Å². The van der Waals surface area contributed by atoms with Gasteiger partial charge in [0.15, 0.2) is 5.96 Å². The molecule has 0 saturated carbocycles. The number of aromatic nitrogens is 2. The van der Waals surface area contributed by atoms with Crippen LogP contribution in [0.2, 0.25) is 0 Å². The number of rotatable bonds is 6. The van der Waals surface area contributed by atoms with Crippen molar-refractivity contribution in [3.63, 3.8) is 0 Å². The van der Waals surface area contributed by atoms with E-state index < -0.39 is 0 Å². The van der Waals surface area contributed by atoms with E-state index in [1.807, 2.05) is 16.9 Å². The lowest BCUT2D eigenvalue weighted by molar-refractivity contribution is 0.157. The van der Waals surface area contributed by atoms with E-state index in [1.165, 1.54) is 5.56 Å². The molecule has 1 aromatic carbocycles. The van der Waals surface area contributed by atoms with Crippen LogP contribution in [-0.4, -0.2) is 54.0 Å². The van der Waals surface area contributed by atoms with Gasteiger partial charge < -0.3 is 15.0 Å². The number of ether oxygens (including phenoxy) is 1. The molecule has 134 valence electrons. The molecule has 1 fully saturated rings. The third-order valence-corrected chi connectivity index (χ3v) is 4.44. The SMILES string of the molecule is CCNC(=NCc1ccc(-n2cccn2)cc1)N1CCC(COC)C1. The second-order valence-corrected chi connectivity index (χ2v) is 6.34. The van der Waals surface area contributed by atoms with E-state index in [0.29, 0.717) is 12.5 Å². The molecule has 0 bridgehead atoms. The molecular formula is C19H27N5O. The number of hydrogen-bond acceptors (Lipinski definition) is 3. The van der Waals surface area contributed by atoms with E-state index in [9.17, 15) is 0 Å². The molecule has 0 radical (unpaired) electrons. The van der Waals surface area contributed by atoms with Crippen molar-refractivity contribution in [3.05, 3.63) is 48.3 Å². The fourth-order valence-corrected chi connectivity index (χ4v) is 3.16. The van der Waals surface area contributed by atoms with Gasteiger partial charge in [0.2, 0.25) is 0 Å². The minimum absolute atomic E-state index is 0.599. The molecule has 1 aromatic heterocycles. The van der Waals surface area contributed by atoms with Crippen LogP contribution in [0.4, 0.5) is 0 Å². The van der Waals surface area contributed by atoms with Crippen molar-refractivity contribution in [1.29, 1.82) is 0 Å². The van der Waals surface area contributed by atoms with Crippen LogP contribution in [0.1, 0.15) is 18.9 Å². The van der Waals surface area contributed by atoms with E-state index >= 15 is 0 Å². The summed E-state index contributed by atoms with van der Waals surface area (Å²) in [4.78, 5) is 7.16. The summed E-state index contributed by atoms with van der Waals surface area (Å²) < 4.78 is 7.15. The number of aliphatic imine (C=N–C) groups is 1. The first-order chi connectivity index (χ1) is 12.3. The maximum Gasteiger partial charge on any atom is 0.194 e. The zero-order chi connectivity index (χ0) is 17.5. The van der Waals surface area contributed by atoms with E-state index in [2.05, 4.69) is 46.5 Å². The highest BCUT2D eigenvalue weighted by molar-refractivity contribution is 5.80. The molecule has 1 atom stereocenters. The molecule has 1 saturated heterocycles. The summed E-state index contributed by atoms with van der Waals surface area (Å²) in [5.41, 5.74) is 2.26. The number of benzene rings is 1. The van der Waals surface area contributed by atoms with Gasteiger partial charge in [-0.15, -0.1) is 0 Å². The first-order valence-corrected chi connectivity index (χ1v) is 8.91. The van der Waals surface area contributed by atoms with Gasteiger partial charge in [0.25, 0.3) is 0 Å². The summed E-state index contributed by atoms with van der Waals surface area (Å²) in [6, 6.07) is 10.3. The van der Waals surface area contributed by atoms with Crippen LogP contribution in [0.3, 0.4) is 0 Å². The molecule has 0 spiro atoms. The fourth-order valence-electron chi connectivity index (χ4n) is 3.16. The molecule has 1 aliphatic heterocycles. The Morgan fingerprint density at radius 3 is 2.88 bits per heavy atom. The zero-order valence-corrected chi connectivity index (χ0v) is 15.1. The van der Waals surface area contributed by atoms with Crippen molar-refractivity contribution in [1.82, 2.24) is 20.0 Å². The van der Waals surface area contributed by atoms with Crippen LogP contribution in [0.15, 0.2) is 47.7 Å². The first-order valence-electron chi connectivity index (χ1n) is 8.91. The molecule has 2 aromatic rings. The van der Waals surface area contributed by atoms with E-state index in [1.54, 1.807) is 13.3 Å². The van der Waals surface area contributed by atoms with Gasteiger partial charge in [-0.05, 0) is 37.1 Å². The molecule has 6 nitrogen and oxygen atoms in total. The highest BCUT2D eigenvalue weighted by Gasteiger charge is 2.24. The fraction of sp³-hybridized carbons (Fsp3) is 0.474. The molecule has 1 aliphatic rings. The minimum atomic E-state index is 0.599. The number of nitrogens with one attached hydrogen (secondary N) is 1. The maximum absolute atomic E-state index is 5.29. The first kappa shape index (κ1) is 17.5. The molecule has 2 heterocycles. The average Bonchev–Trinajstić information content (AvgIpc) is 3.31. The van der Waals surface area contributed by atoms with Crippen molar-refractivity contribution in [2.24, 2.45) is 10.9 Å². The minimum Gasteiger partial charge on any atom is -0.384 e. The van der Waals surface area contributed by atoms with Gasteiger partial charge in [0, 0.05) is 45.1 Å². The zero-order valence-electron chi connectivity index (χ0n) is 15.1. The summed E-state index contributed by atoms with van der Waals surface area (Å²) >= 11 is 0. The van der Waals surface area contributed by atoms with Crippen LogP contribution >= 0.6 is 0 Å². The standard InChI is InChI=1S/C19H27N5O/c1-3-20-19(23-12-9-17(14-23)15-25-2)21-13-16-5-7-18(8-6-16)24-11-4-10-22-24/h4-8,10-11,17H,3,9,12-15H2,1-2H3,(H,20,21). The lowest BCUT2D eigenvalue weighted by Gasteiger charge is -2.21. The van der Waals surface area contributed by atoms with Crippen LogP contribution < -0.4 is 5.32 Å². The molecule has 3 rings (SSSR count). The van der Waals surface area contributed by atoms with Gasteiger partial charge in [-0.3, -0.25) is 0 Å². The summed E-state index contributed by atoms with van der Waals surface area (Å²) in [7, 11) is 1.77. The van der Waals surface area contributed by atoms with Gasteiger partial charge in [-0.25, -0.2) is 9.67 Å². The maximum atomic E-state index is 5.29.